The van der Waals surface area contributed by atoms with Gasteiger partial charge in [0.2, 0.25) is 0 Å². The first-order valence-corrected chi connectivity index (χ1v) is 8.73. The highest BCUT2D eigenvalue weighted by Gasteiger charge is 2.26. The van der Waals surface area contributed by atoms with E-state index in [1.165, 1.54) is 0 Å². The number of hydrogen-bond acceptors (Lipinski definition) is 5. The summed E-state index contributed by atoms with van der Waals surface area (Å²) in [6, 6.07) is 11.0. The smallest absolute Gasteiger partial charge is 0.161 e. The zero-order valence-corrected chi connectivity index (χ0v) is 15.7. The maximum atomic E-state index is 10.9. The first-order valence-electron chi connectivity index (χ1n) is 8.35. The number of aliphatic hydroxyl groups is 1. The van der Waals surface area contributed by atoms with Crippen molar-refractivity contribution in [3.63, 3.8) is 0 Å². The van der Waals surface area contributed by atoms with Gasteiger partial charge in [-0.25, -0.2) is 9.97 Å². The number of hydrogen-bond donors (Lipinski definition) is 2. The van der Waals surface area contributed by atoms with Gasteiger partial charge in [-0.15, -0.1) is 0 Å². The van der Waals surface area contributed by atoms with E-state index >= 15 is 0 Å². The van der Waals surface area contributed by atoms with E-state index in [4.69, 9.17) is 11.6 Å². The molecule has 0 spiro atoms. The van der Waals surface area contributed by atoms with Crippen molar-refractivity contribution in [2.24, 2.45) is 0 Å². The standard InChI is InChI=1S/C20H21ClN4O/c1-13-14(2)24-19(15-8-10-22-11-9-15)25-18(13)23-12-20(3,26)16-6-4-5-7-17(16)21/h4-11,26H,12H2,1-3H3,(H,23,24,25). The van der Waals surface area contributed by atoms with Gasteiger partial charge in [0.1, 0.15) is 11.4 Å². The van der Waals surface area contributed by atoms with Crippen LogP contribution in [0, 0.1) is 13.8 Å². The summed E-state index contributed by atoms with van der Waals surface area (Å²) in [5, 5.41) is 14.7. The lowest BCUT2D eigenvalue weighted by atomic mass is 9.96. The lowest BCUT2D eigenvalue weighted by Crippen LogP contribution is -2.31. The van der Waals surface area contributed by atoms with Gasteiger partial charge in [0.25, 0.3) is 0 Å². The molecular formula is C20H21ClN4O. The predicted octanol–water partition coefficient (Wildman–Crippen LogP) is 4.13. The Kier molecular flexibility index (Phi) is 5.20. The van der Waals surface area contributed by atoms with Crippen LogP contribution in [0.25, 0.3) is 11.4 Å². The molecule has 0 radical (unpaired) electrons. The molecule has 6 heteroatoms. The Balaban J connectivity index is 1.88. The number of benzene rings is 1. The van der Waals surface area contributed by atoms with E-state index in [0.29, 0.717) is 22.2 Å². The van der Waals surface area contributed by atoms with Crippen LogP contribution >= 0.6 is 11.6 Å². The summed E-state index contributed by atoms with van der Waals surface area (Å²) in [5.74, 6) is 1.31. The zero-order valence-electron chi connectivity index (χ0n) is 15.0. The third-order valence-electron chi connectivity index (χ3n) is 4.38. The first-order chi connectivity index (χ1) is 12.4. The number of nitrogens with zero attached hydrogens (tertiary/aromatic N) is 3. The Morgan fingerprint density at radius 1 is 1.08 bits per heavy atom. The van der Waals surface area contributed by atoms with Crippen molar-refractivity contribution in [2.75, 3.05) is 11.9 Å². The van der Waals surface area contributed by atoms with Gasteiger partial charge < -0.3 is 10.4 Å². The third-order valence-corrected chi connectivity index (χ3v) is 4.71. The van der Waals surface area contributed by atoms with Crippen LogP contribution in [-0.2, 0) is 5.60 Å². The lowest BCUT2D eigenvalue weighted by molar-refractivity contribution is 0.0715. The summed E-state index contributed by atoms with van der Waals surface area (Å²) < 4.78 is 0. The molecule has 1 aromatic carbocycles. The maximum Gasteiger partial charge on any atom is 0.161 e. The summed E-state index contributed by atoms with van der Waals surface area (Å²) in [6.45, 7) is 5.90. The number of rotatable bonds is 5. The van der Waals surface area contributed by atoms with E-state index in [1.807, 2.05) is 44.2 Å². The highest BCUT2D eigenvalue weighted by molar-refractivity contribution is 6.31. The number of halogens is 1. The minimum Gasteiger partial charge on any atom is -0.384 e. The second-order valence-corrected chi connectivity index (χ2v) is 6.86. The van der Waals surface area contributed by atoms with Crippen molar-refractivity contribution in [1.29, 1.82) is 0 Å². The SMILES string of the molecule is Cc1nc(-c2ccncc2)nc(NCC(C)(O)c2ccccc2Cl)c1C. The summed E-state index contributed by atoms with van der Waals surface area (Å²) in [6.07, 6.45) is 3.42. The molecule has 0 saturated carbocycles. The molecule has 1 atom stereocenters. The number of aromatic nitrogens is 3. The van der Waals surface area contributed by atoms with E-state index in [1.54, 1.807) is 25.4 Å². The maximum absolute atomic E-state index is 10.9. The third kappa shape index (κ3) is 3.84. The molecule has 0 bridgehead atoms. The van der Waals surface area contributed by atoms with Gasteiger partial charge in [-0.3, -0.25) is 4.98 Å². The van der Waals surface area contributed by atoms with Crippen molar-refractivity contribution in [3.8, 4) is 11.4 Å². The Hall–Kier alpha value is -2.50. The molecule has 134 valence electrons. The molecule has 5 nitrogen and oxygen atoms in total. The highest BCUT2D eigenvalue weighted by atomic mass is 35.5. The van der Waals surface area contributed by atoms with Crippen molar-refractivity contribution in [2.45, 2.75) is 26.4 Å². The van der Waals surface area contributed by atoms with Crippen molar-refractivity contribution in [3.05, 3.63) is 70.6 Å². The van der Waals surface area contributed by atoms with Crippen LogP contribution < -0.4 is 5.32 Å². The van der Waals surface area contributed by atoms with Gasteiger partial charge >= 0.3 is 0 Å². The summed E-state index contributed by atoms with van der Waals surface area (Å²) >= 11 is 6.23. The molecule has 26 heavy (non-hydrogen) atoms. The average Bonchev–Trinajstić information content (AvgIpc) is 2.64. The fraction of sp³-hybridized carbons (Fsp3) is 0.250. The molecule has 0 aliphatic rings. The van der Waals surface area contributed by atoms with Crippen LogP contribution in [0.5, 0.6) is 0 Å². The number of pyridine rings is 1. The zero-order chi connectivity index (χ0) is 18.7. The second kappa shape index (κ2) is 7.40. The first kappa shape index (κ1) is 18.3. The predicted molar refractivity (Wildman–Crippen MR) is 104 cm³/mol. The molecule has 2 N–H and O–H groups in total. The summed E-state index contributed by atoms with van der Waals surface area (Å²) in [4.78, 5) is 13.2. The number of nitrogens with one attached hydrogen (secondary N) is 1. The van der Waals surface area contributed by atoms with Gasteiger partial charge in [0.05, 0.1) is 0 Å². The molecule has 0 aliphatic heterocycles. The van der Waals surface area contributed by atoms with E-state index in [2.05, 4.69) is 20.3 Å². The Morgan fingerprint density at radius 3 is 2.46 bits per heavy atom. The van der Waals surface area contributed by atoms with Crippen LogP contribution in [-0.4, -0.2) is 26.6 Å². The number of aryl methyl sites for hydroxylation is 1. The summed E-state index contributed by atoms with van der Waals surface area (Å²) in [5.41, 5.74) is 2.25. The Morgan fingerprint density at radius 2 is 1.77 bits per heavy atom. The number of anilines is 1. The van der Waals surface area contributed by atoms with Gasteiger partial charge in [0, 0.05) is 46.3 Å². The molecule has 3 rings (SSSR count). The Labute approximate surface area is 158 Å². The van der Waals surface area contributed by atoms with Crippen LogP contribution in [0.1, 0.15) is 23.7 Å². The largest absolute Gasteiger partial charge is 0.384 e. The lowest BCUT2D eigenvalue weighted by Gasteiger charge is -2.26. The van der Waals surface area contributed by atoms with E-state index in [9.17, 15) is 5.11 Å². The van der Waals surface area contributed by atoms with Crippen LogP contribution in [0.15, 0.2) is 48.8 Å². The fourth-order valence-electron chi connectivity index (χ4n) is 2.68. The van der Waals surface area contributed by atoms with Crippen molar-refractivity contribution < 1.29 is 5.11 Å². The normalized spacial score (nSPS) is 13.3. The minimum atomic E-state index is -1.14. The van der Waals surface area contributed by atoms with Crippen molar-refractivity contribution >= 4 is 17.4 Å². The van der Waals surface area contributed by atoms with Crippen molar-refractivity contribution in [1.82, 2.24) is 15.0 Å². The quantitative estimate of drug-likeness (QED) is 0.708. The van der Waals surface area contributed by atoms with E-state index in [0.717, 1.165) is 16.8 Å². The molecule has 0 amide bonds. The summed E-state index contributed by atoms with van der Waals surface area (Å²) in [7, 11) is 0. The van der Waals surface area contributed by atoms with Gasteiger partial charge in [-0.05, 0) is 39.0 Å². The fourth-order valence-corrected chi connectivity index (χ4v) is 3.02. The van der Waals surface area contributed by atoms with Gasteiger partial charge in [0.15, 0.2) is 5.82 Å². The van der Waals surface area contributed by atoms with E-state index < -0.39 is 5.60 Å². The van der Waals surface area contributed by atoms with Crippen LogP contribution in [0.2, 0.25) is 5.02 Å². The molecular weight excluding hydrogens is 348 g/mol. The highest BCUT2D eigenvalue weighted by Crippen LogP contribution is 2.29. The van der Waals surface area contributed by atoms with Crippen LogP contribution in [0.3, 0.4) is 0 Å². The monoisotopic (exact) mass is 368 g/mol. The van der Waals surface area contributed by atoms with Gasteiger partial charge in [-0.1, -0.05) is 29.8 Å². The molecule has 0 aliphatic carbocycles. The average molecular weight is 369 g/mol. The molecule has 2 aromatic heterocycles. The molecule has 3 aromatic rings. The molecule has 2 heterocycles. The molecule has 1 unspecified atom stereocenters. The molecule has 0 fully saturated rings. The second-order valence-electron chi connectivity index (χ2n) is 6.45. The van der Waals surface area contributed by atoms with E-state index in [-0.39, 0.29) is 6.54 Å². The minimum absolute atomic E-state index is 0.268. The molecule has 0 saturated heterocycles. The Bertz CT molecular complexity index is 913. The topological polar surface area (TPSA) is 70.9 Å². The van der Waals surface area contributed by atoms with Gasteiger partial charge in [-0.2, -0.15) is 0 Å². The van der Waals surface area contributed by atoms with Crippen LogP contribution in [0.4, 0.5) is 5.82 Å².